The highest BCUT2D eigenvalue weighted by molar-refractivity contribution is 5.91. The fourth-order valence-corrected chi connectivity index (χ4v) is 3.35. The number of anilines is 1. The summed E-state index contributed by atoms with van der Waals surface area (Å²) in [6.07, 6.45) is 3.82. The van der Waals surface area contributed by atoms with Gasteiger partial charge in [-0.15, -0.1) is 0 Å². The number of hydrogen-bond donors (Lipinski definition) is 0. The average Bonchev–Trinajstić information content (AvgIpc) is 2.62. The molecule has 0 spiro atoms. The van der Waals surface area contributed by atoms with Crippen LogP contribution in [-0.4, -0.2) is 23.1 Å². The molecule has 0 amide bonds. The molecule has 3 nitrogen and oxygen atoms in total. The Hall–Kier alpha value is -2.42. The zero-order chi connectivity index (χ0) is 15.6. The van der Waals surface area contributed by atoms with Crippen molar-refractivity contribution in [3.05, 3.63) is 54.1 Å². The van der Waals surface area contributed by atoms with Gasteiger partial charge in [0.25, 0.3) is 0 Å². The predicted molar refractivity (Wildman–Crippen MR) is 95.8 cm³/mol. The van der Waals surface area contributed by atoms with Crippen LogP contribution in [0.4, 0.5) is 5.82 Å². The van der Waals surface area contributed by atoms with Gasteiger partial charge in [-0.25, -0.2) is 9.97 Å². The second-order valence-electron chi connectivity index (χ2n) is 6.25. The monoisotopic (exact) mass is 303 g/mol. The lowest BCUT2D eigenvalue weighted by molar-refractivity contribution is 0.575. The molecule has 0 atom stereocenters. The van der Waals surface area contributed by atoms with Gasteiger partial charge in [0.15, 0.2) is 5.82 Å². The summed E-state index contributed by atoms with van der Waals surface area (Å²) in [5, 5.41) is 1.16. The standard InChI is InChI=1S/C20H21N3/c1-15-9-3-4-10-16(15)19-21-18-12-6-5-11-17(18)20(22-19)23-13-7-2-8-14-23/h3-6,9-12H,2,7-8,13-14H2,1H3. The summed E-state index contributed by atoms with van der Waals surface area (Å²) >= 11 is 0. The van der Waals surface area contributed by atoms with Crippen LogP contribution in [0.2, 0.25) is 0 Å². The van der Waals surface area contributed by atoms with Crippen molar-refractivity contribution in [3.8, 4) is 11.4 Å². The first-order valence-corrected chi connectivity index (χ1v) is 8.41. The normalized spacial score (nSPS) is 15.1. The minimum absolute atomic E-state index is 0.836. The van der Waals surface area contributed by atoms with Crippen molar-refractivity contribution in [1.82, 2.24) is 9.97 Å². The molecule has 1 aliphatic rings. The Morgan fingerprint density at radius 3 is 2.39 bits per heavy atom. The van der Waals surface area contributed by atoms with E-state index in [2.05, 4.69) is 60.4 Å². The van der Waals surface area contributed by atoms with Crippen molar-refractivity contribution < 1.29 is 0 Å². The third-order valence-corrected chi connectivity index (χ3v) is 4.62. The molecule has 116 valence electrons. The van der Waals surface area contributed by atoms with Crippen LogP contribution in [0.1, 0.15) is 24.8 Å². The van der Waals surface area contributed by atoms with Gasteiger partial charge in [-0.05, 0) is 43.9 Å². The SMILES string of the molecule is Cc1ccccc1-c1nc(N2CCCCC2)c2ccccc2n1. The molecular weight excluding hydrogens is 282 g/mol. The summed E-state index contributed by atoms with van der Waals surface area (Å²) in [6.45, 7) is 4.30. The summed E-state index contributed by atoms with van der Waals surface area (Å²) in [6, 6.07) is 16.7. The van der Waals surface area contributed by atoms with E-state index in [0.717, 1.165) is 41.2 Å². The van der Waals surface area contributed by atoms with E-state index in [-0.39, 0.29) is 0 Å². The lowest BCUT2D eigenvalue weighted by atomic mass is 10.1. The molecule has 2 heterocycles. The number of hydrogen-bond acceptors (Lipinski definition) is 3. The van der Waals surface area contributed by atoms with E-state index in [0.29, 0.717) is 0 Å². The Balaban J connectivity index is 1.91. The molecule has 0 aliphatic carbocycles. The van der Waals surface area contributed by atoms with E-state index in [1.54, 1.807) is 0 Å². The second-order valence-corrected chi connectivity index (χ2v) is 6.25. The highest BCUT2D eigenvalue weighted by atomic mass is 15.2. The maximum absolute atomic E-state index is 4.97. The number of para-hydroxylation sites is 1. The first kappa shape index (κ1) is 14.2. The third kappa shape index (κ3) is 2.67. The molecule has 3 aromatic rings. The molecule has 0 radical (unpaired) electrons. The molecule has 3 heteroatoms. The number of fused-ring (bicyclic) bond motifs is 1. The Labute approximate surface area is 137 Å². The topological polar surface area (TPSA) is 29.0 Å². The Morgan fingerprint density at radius 2 is 1.57 bits per heavy atom. The lowest BCUT2D eigenvalue weighted by Crippen LogP contribution is -2.30. The van der Waals surface area contributed by atoms with Gasteiger partial charge in [0, 0.05) is 24.0 Å². The first-order chi connectivity index (χ1) is 11.3. The van der Waals surface area contributed by atoms with Crippen LogP contribution >= 0.6 is 0 Å². The van der Waals surface area contributed by atoms with Crippen LogP contribution in [-0.2, 0) is 0 Å². The zero-order valence-electron chi connectivity index (χ0n) is 13.5. The summed E-state index contributed by atoms with van der Waals surface area (Å²) in [5.41, 5.74) is 3.37. The molecule has 2 aromatic carbocycles. The smallest absolute Gasteiger partial charge is 0.162 e. The number of benzene rings is 2. The van der Waals surface area contributed by atoms with Crippen LogP contribution < -0.4 is 4.90 Å². The largest absolute Gasteiger partial charge is 0.356 e. The van der Waals surface area contributed by atoms with Crippen molar-refractivity contribution in [1.29, 1.82) is 0 Å². The van der Waals surface area contributed by atoms with Crippen LogP contribution in [0, 0.1) is 6.92 Å². The van der Waals surface area contributed by atoms with Crippen LogP contribution in [0.25, 0.3) is 22.3 Å². The van der Waals surface area contributed by atoms with Crippen molar-refractivity contribution in [2.24, 2.45) is 0 Å². The van der Waals surface area contributed by atoms with Crippen LogP contribution in [0.5, 0.6) is 0 Å². The van der Waals surface area contributed by atoms with Gasteiger partial charge in [-0.3, -0.25) is 0 Å². The predicted octanol–water partition coefficient (Wildman–Crippen LogP) is 4.60. The minimum atomic E-state index is 0.836. The van der Waals surface area contributed by atoms with Crippen molar-refractivity contribution in [2.45, 2.75) is 26.2 Å². The van der Waals surface area contributed by atoms with E-state index < -0.39 is 0 Å². The number of piperidine rings is 1. The fourth-order valence-electron chi connectivity index (χ4n) is 3.35. The lowest BCUT2D eigenvalue weighted by Gasteiger charge is -2.29. The molecule has 4 rings (SSSR count). The summed E-state index contributed by atoms with van der Waals surface area (Å²) in [4.78, 5) is 12.2. The van der Waals surface area contributed by atoms with E-state index in [1.807, 2.05) is 0 Å². The molecule has 1 saturated heterocycles. The highest BCUT2D eigenvalue weighted by Crippen LogP contribution is 2.30. The summed E-state index contributed by atoms with van der Waals surface area (Å²) < 4.78 is 0. The number of aryl methyl sites for hydroxylation is 1. The summed E-state index contributed by atoms with van der Waals surface area (Å²) in [5.74, 6) is 1.93. The van der Waals surface area contributed by atoms with Gasteiger partial charge in [0.05, 0.1) is 5.52 Å². The molecule has 1 aromatic heterocycles. The van der Waals surface area contributed by atoms with E-state index in [4.69, 9.17) is 9.97 Å². The maximum atomic E-state index is 4.97. The van der Waals surface area contributed by atoms with Crippen LogP contribution in [0.3, 0.4) is 0 Å². The minimum Gasteiger partial charge on any atom is -0.356 e. The van der Waals surface area contributed by atoms with E-state index in [9.17, 15) is 0 Å². The second kappa shape index (κ2) is 5.99. The Kier molecular flexibility index (Phi) is 3.70. The van der Waals surface area contributed by atoms with Crippen LogP contribution in [0.15, 0.2) is 48.5 Å². The molecule has 1 aliphatic heterocycles. The van der Waals surface area contributed by atoms with Crippen molar-refractivity contribution in [2.75, 3.05) is 18.0 Å². The molecule has 0 N–H and O–H groups in total. The molecule has 23 heavy (non-hydrogen) atoms. The Bertz CT molecular complexity index is 835. The van der Waals surface area contributed by atoms with E-state index >= 15 is 0 Å². The molecular formula is C20H21N3. The average molecular weight is 303 g/mol. The first-order valence-electron chi connectivity index (χ1n) is 8.41. The summed E-state index contributed by atoms with van der Waals surface area (Å²) in [7, 11) is 0. The quantitative estimate of drug-likeness (QED) is 0.693. The molecule has 0 unspecified atom stereocenters. The molecule has 1 fully saturated rings. The van der Waals surface area contributed by atoms with Gasteiger partial charge in [-0.1, -0.05) is 36.4 Å². The molecule has 0 bridgehead atoms. The number of nitrogens with zero attached hydrogens (tertiary/aromatic N) is 3. The van der Waals surface area contributed by atoms with E-state index in [1.165, 1.54) is 24.8 Å². The van der Waals surface area contributed by atoms with Gasteiger partial charge >= 0.3 is 0 Å². The Morgan fingerprint density at radius 1 is 0.826 bits per heavy atom. The van der Waals surface area contributed by atoms with Crippen molar-refractivity contribution >= 4 is 16.7 Å². The fraction of sp³-hybridized carbons (Fsp3) is 0.300. The number of aromatic nitrogens is 2. The third-order valence-electron chi connectivity index (χ3n) is 4.62. The van der Waals surface area contributed by atoms with Gasteiger partial charge in [0.1, 0.15) is 5.82 Å². The van der Waals surface area contributed by atoms with Gasteiger partial charge in [-0.2, -0.15) is 0 Å². The molecule has 0 saturated carbocycles. The number of rotatable bonds is 2. The van der Waals surface area contributed by atoms with Crippen molar-refractivity contribution in [3.63, 3.8) is 0 Å². The highest BCUT2D eigenvalue weighted by Gasteiger charge is 2.17. The maximum Gasteiger partial charge on any atom is 0.162 e. The van der Waals surface area contributed by atoms with Gasteiger partial charge < -0.3 is 4.90 Å². The zero-order valence-corrected chi connectivity index (χ0v) is 13.5. The van der Waals surface area contributed by atoms with Gasteiger partial charge in [0.2, 0.25) is 0 Å².